The Kier molecular flexibility index (Phi) is 2.81. The van der Waals surface area contributed by atoms with Crippen LogP contribution >= 0.6 is 0 Å². The van der Waals surface area contributed by atoms with Gasteiger partial charge in [-0.3, -0.25) is 4.79 Å². The molecule has 84 valence electrons. The Balaban J connectivity index is 2.24. The molecule has 0 bridgehead atoms. The van der Waals surface area contributed by atoms with Crippen molar-refractivity contribution in [2.45, 2.75) is 12.8 Å². The number of aromatic hydroxyl groups is 1. The van der Waals surface area contributed by atoms with Crippen LogP contribution < -0.4 is 5.32 Å². The molecule has 16 heavy (non-hydrogen) atoms. The van der Waals surface area contributed by atoms with Gasteiger partial charge in [0.25, 0.3) is 0 Å². The van der Waals surface area contributed by atoms with Gasteiger partial charge in [0.2, 0.25) is 5.91 Å². The van der Waals surface area contributed by atoms with Crippen LogP contribution in [0, 0.1) is 0 Å². The fraction of sp³-hybridized carbons (Fsp3) is 0.250. The van der Waals surface area contributed by atoms with Crippen molar-refractivity contribution < 1.29 is 14.3 Å². The maximum absolute atomic E-state index is 11.1. The van der Waals surface area contributed by atoms with Gasteiger partial charge >= 0.3 is 0 Å². The average Bonchev–Trinajstić information content (AvgIpc) is 2.68. The van der Waals surface area contributed by atoms with E-state index in [4.69, 9.17) is 4.42 Å². The van der Waals surface area contributed by atoms with Crippen molar-refractivity contribution in [3.63, 3.8) is 0 Å². The molecule has 0 aliphatic carbocycles. The van der Waals surface area contributed by atoms with Gasteiger partial charge in [0, 0.05) is 18.9 Å². The summed E-state index contributed by atoms with van der Waals surface area (Å²) in [6.07, 6.45) is 2.66. The molecule has 4 nitrogen and oxygen atoms in total. The predicted octanol–water partition coefficient (Wildman–Crippen LogP) is 1.82. The highest BCUT2D eigenvalue weighted by atomic mass is 16.3. The van der Waals surface area contributed by atoms with Gasteiger partial charge in [0.1, 0.15) is 11.3 Å². The summed E-state index contributed by atoms with van der Waals surface area (Å²) in [5.74, 6) is 0.199. The van der Waals surface area contributed by atoms with Crippen LogP contribution in [0.2, 0.25) is 0 Å². The number of hydrogen-bond acceptors (Lipinski definition) is 3. The highest BCUT2D eigenvalue weighted by molar-refractivity contribution is 5.83. The first-order valence-electron chi connectivity index (χ1n) is 5.10. The first-order valence-corrected chi connectivity index (χ1v) is 5.10. The third-order valence-corrected chi connectivity index (χ3v) is 2.54. The number of fused-ring (bicyclic) bond motifs is 1. The summed E-state index contributed by atoms with van der Waals surface area (Å²) in [7, 11) is 1.61. The van der Waals surface area contributed by atoms with Gasteiger partial charge in [-0.15, -0.1) is 0 Å². The first kappa shape index (κ1) is 10.5. The minimum Gasteiger partial charge on any atom is -0.508 e. The number of nitrogens with one attached hydrogen (secondary N) is 1. The summed E-state index contributed by atoms with van der Waals surface area (Å²) < 4.78 is 5.33. The van der Waals surface area contributed by atoms with E-state index in [0.717, 1.165) is 16.5 Å². The predicted molar refractivity (Wildman–Crippen MR) is 60.3 cm³/mol. The Bertz CT molecular complexity index is 516. The summed E-state index contributed by atoms with van der Waals surface area (Å²) in [6, 6.07) is 4.94. The molecule has 0 saturated carbocycles. The number of benzene rings is 1. The molecule has 0 spiro atoms. The van der Waals surface area contributed by atoms with Crippen molar-refractivity contribution in [3.05, 3.63) is 30.0 Å². The lowest BCUT2D eigenvalue weighted by molar-refractivity contribution is -0.120. The molecule has 0 radical (unpaired) electrons. The van der Waals surface area contributed by atoms with Gasteiger partial charge in [-0.1, -0.05) is 0 Å². The minimum atomic E-state index is -0.00509. The number of carbonyl (C=O) groups is 1. The van der Waals surface area contributed by atoms with Crippen LogP contribution in [-0.2, 0) is 11.2 Å². The maximum Gasteiger partial charge on any atom is 0.220 e. The van der Waals surface area contributed by atoms with Crippen molar-refractivity contribution in [3.8, 4) is 5.75 Å². The van der Waals surface area contributed by atoms with E-state index >= 15 is 0 Å². The molecule has 0 unspecified atom stereocenters. The maximum atomic E-state index is 11.1. The first-order chi connectivity index (χ1) is 7.70. The second-order valence-electron chi connectivity index (χ2n) is 3.61. The van der Waals surface area contributed by atoms with Gasteiger partial charge < -0.3 is 14.8 Å². The van der Waals surface area contributed by atoms with Crippen LogP contribution in [0.3, 0.4) is 0 Å². The number of furan rings is 1. The van der Waals surface area contributed by atoms with E-state index in [-0.39, 0.29) is 11.7 Å². The third-order valence-electron chi connectivity index (χ3n) is 2.54. The zero-order chi connectivity index (χ0) is 11.5. The number of carbonyl (C=O) groups excluding carboxylic acids is 1. The summed E-state index contributed by atoms with van der Waals surface area (Å²) >= 11 is 0. The van der Waals surface area contributed by atoms with Gasteiger partial charge in [-0.05, 0) is 30.2 Å². The second kappa shape index (κ2) is 4.26. The molecule has 0 fully saturated rings. The van der Waals surface area contributed by atoms with Crippen molar-refractivity contribution in [1.82, 2.24) is 5.32 Å². The smallest absolute Gasteiger partial charge is 0.220 e. The minimum absolute atomic E-state index is 0.00509. The number of phenols is 1. The van der Waals surface area contributed by atoms with Gasteiger partial charge in [-0.2, -0.15) is 0 Å². The summed E-state index contributed by atoms with van der Waals surface area (Å²) in [6.45, 7) is 0. The van der Waals surface area contributed by atoms with Crippen LogP contribution in [0.25, 0.3) is 11.0 Å². The number of phenolic OH excluding ortho intramolecular Hbond substituents is 1. The molecule has 0 atom stereocenters. The largest absolute Gasteiger partial charge is 0.508 e. The average molecular weight is 219 g/mol. The highest BCUT2D eigenvalue weighted by Gasteiger charge is 2.08. The number of rotatable bonds is 3. The number of amides is 1. The zero-order valence-electron chi connectivity index (χ0n) is 8.99. The lowest BCUT2D eigenvalue weighted by Gasteiger charge is -1.98. The highest BCUT2D eigenvalue weighted by Crippen LogP contribution is 2.25. The van der Waals surface area contributed by atoms with Crippen molar-refractivity contribution in [2.75, 3.05) is 7.05 Å². The molecule has 2 aromatic rings. The zero-order valence-corrected chi connectivity index (χ0v) is 8.99. The van der Waals surface area contributed by atoms with E-state index in [1.807, 2.05) is 0 Å². The Morgan fingerprint density at radius 1 is 1.50 bits per heavy atom. The van der Waals surface area contributed by atoms with Crippen molar-refractivity contribution in [1.29, 1.82) is 0 Å². The SMILES string of the molecule is CNC(=O)CCc1coc2ccc(O)cc12. The van der Waals surface area contributed by atoms with E-state index in [2.05, 4.69) is 5.32 Å². The van der Waals surface area contributed by atoms with E-state index in [1.165, 1.54) is 0 Å². The van der Waals surface area contributed by atoms with E-state index in [0.29, 0.717) is 12.8 Å². The molecule has 1 amide bonds. The molecule has 1 aromatic heterocycles. The molecule has 2 rings (SSSR count). The van der Waals surface area contributed by atoms with Gasteiger partial charge in [0.15, 0.2) is 0 Å². The molecule has 0 saturated heterocycles. The third kappa shape index (κ3) is 2.00. The van der Waals surface area contributed by atoms with Crippen LogP contribution in [0.5, 0.6) is 5.75 Å². The number of hydrogen-bond donors (Lipinski definition) is 2. The van der Waals surface area contributed by atoms with Gasteiger partial charge in [0.05, 0.1) is 6.26 Å². The van der Waals surface area contributed by atoms with Crippen molar-refractivity contribution in [2.24, 2.45) is 0 Å². The van der Waals surface area contributed by atoms with Crippen LogP contribution in [0.15, 0.2) is 28.9 Å². The van der Waals surface area contributed by atoms with Crippen LogP contribution in [0.1, 0.15) is 12.0 Å². The Labute approximate surface area is 92.9 Å². The fourth-order valence-corrected chi connectivity index (χ4v) is 1.64. The van der Waals surface area contributed by atoms with Gasteiger partial charge in [-0.25, -0.2) is 0 Å². The molecular weight excluding hydrogens is 206 g/mol. The Hall–Kier alpha value is -1.97. The molecule has 1 heterocycles. The summed E-state index contributed by atoms with van der Waals surface area (Å²) in [5, 5.41) is 12.8. The summed E-state index contributed by atoms with van der Waals surface area (Å²) in [5.41, 5.74) is 1.67. The standard InChI is InChI=1S/C12H13NO3/c1-13-12(15)5-2-8-7-16-11-4-3-9(14)6-10(8)11/h3-4,6-7,14H,2,5H2,1H3,(H,13,15). The second-order valence-corrected chi connectivity index (χ2v) is 3.61. The monoisotopic (exact) mass is 219 g/mol. The molecule has 0 aliphatic rings. The topological polar surface area (TPSA) is 62.5 Å². The van der Waals surface area contributed by atoms with E-state index in [1.54, 1.807) is 31.5 Å². The Morgan fingerprint density at radius 3 is 3.06 bits per heavy atom. The molecule has 4 heteroatoms. The normalized spacial score (nSPS) is 10.6. The van der Waals surface area contributed by atoms with E-state index < -0.39 is 0 Å². The van der Waals surface area contributed by atoms with Crippen molar-refractivity contribution >= 4 is 16.9 Å². The number of aryl methyl sites for hydroxylation is 1. The lowest BCUT2D eigenvalue weighted by Crippen LogP contribution is -2.17. The molecule has 0 aliphatic heterocycles. The Morgan fingerprint density at radius 2 is 2.31 bits per heavy atom. The van der Waals surface area contributed by atoms with Crippen LogP contribution in [0.4, 0.5) is 0 Å². The molecule has 2 N–H and O–H groups in total. The van der Waals surface area contributed by atoms with E-state index in [9.17, 15) is 9.90 Å². The fourth-order valence-electron chi connectivity index (χ4n) is 1.64. The molecule has 1 aromatic carbocycles. The summed E-state index contributed by atoms with van der Waals surface area (Å²) in [4.78, 5) is 11.1. The van der Waals surface area contributed by atoms with Crippen LogP contribution in [-0.4, -0.2) is 18.1 Å². The quantitative estimate of drug-likeness (QED) is 0.827. The molecular formula is C12H13NO3. The lowest BCUT2D eigenvalue weighted by atomic mass is 10.1.